The fourth-order valence-corrected chi connectivity index (χ4v) is 1.71. The van der Waals surface area contributed by atoms with E-state index in [-0.39, 0.29) is 17.4 Å². The minimum atomic E-state index is -0.167. The fraction of sp³-hybridized carbons (Fsp3) is 0.200. The van der Waals surface area contributed by atoms with Crippen molar-refractivity contribution in [3.05, 3.63) is 70.5 Å². The Balaban J connectivity index is 2.23. The number of rotatable bonds is 4. The molecule has 0 aliphatic heterocycles. The molecule has 4 nitrogen and oxygen atoms in total. The SMILES string of the molecule is CC(C)n1nc([CH]C(=O)c2ccccc2)ccc1=O. The number of nitrogens with zero attached hydrogens (tertiary/aromatic N) is 2. The van der Waals surface area contributed by atoms with E-state index in [1.807, 2.05) is 32.0 Å². The third-order valence-corrected chi connectivity index (χ3v) is 2.67. The van der Waals surface area contributed by atoms with Gasteiger partial charge in [-0.05, 0) is 19.9 Å². The van der Waals surface area contributed by atoms with Gasteiger partial charge < -0.3 is 0 Å². The third kappa shape index (κ3) is 3.16. The van der Waals surface area contributed by atoms with Crippen LogP contribution >= 0.6 is 0 Å². The van der Waals surface area contributed by atoms with Crippen LogP contribution in [0.2, 0.25) is 0 Å². The van der Waals surface area contributed by atoms with Gasteiger partial charge in [0.15, 0.2) is 5.78 Å². The van der Waals surface area contributed by atoms with Crippen molar-refractivity contribution in [3.63, 3.8) is 0 Å². The van der Waals surface area contributed by atoms with Gasteiger partial charge >= 0.3 is 0 Å². The van der Waals surface area contributed by atoms with Crippen LogP contribution in [0.3, 0.4) is 0 Å². The number of carbonyl (C=O) groups excluding carboxylic acids is 1. The molecule has 19 heavy (non-hydrogen) atoms. The summed E-state index contributed by atoms with van der Waals surface area (Å²) in [5.41, 5.74) is 0.924. The van der Waals surface area contributed by atoms with Gasteiger partial charge in [0.2, 0.25) is 0 Å². The average Bonchev–Trinajstić information content (AvgIpc) is 2.41. The van der Waals surface area contributed by atoms with Crippen molar-refractivity contribution in [2.75, 3.05) is 0 Å². The lowest BCUT2D eigenvalue weighted by Gasteiger charge is -2.09. The summed E-state index contributed by atoms with van der Waals surface area (Å²) in [6.45, 7) is 3.74. The number of benzene rings is 1. The molecule has 4 heteroatoms. The minimum absolute atomic E-state index is 0.0346. The molecule has 2 rings (SSSR count). The number of Topliss-reactive ketones (excluding diaryl/α,β-unsaturated/α-hetero) is 1. The van der Waals surface area contributed by atoms with Crippen molar-refractivity contribution in [3.8, 4) is 0 Å². The van der Waals surface area contributed by atoms with E-state index in [4.69, 9.17) is 0 Å². The zero-order valence-electron chi connectivity index (χ0n) is 10.9. The molecule has 0 unspecified atom stereocenters. The Hall–Kier alpha value is -2.23. The summed E-state index contributed by atoms with van der Waals surface area (Å²) >= 11 is 0. The number of hydrogen-bond donors (Lipinski definition) is 0. The maximum Gasteiger partial charge on any atom is 0.266 e. The van der Waals surface area contributed by atoms with Crippen LogP contribution in [0.15, 0.2) is 47.3 Å². The van der Waals surface area contributed by atoms with Gasteiger partial charge in [-0.25, -0.2) is 4.68 Å². The van der Waals surface area contributed by atoms with E-state index in [1.165, 1.54) is 17.2 Å². The van der Waals surface area contributed by atoms with Crippen LogP contribution in [-0.4, -0.2) is 15.6 Å². The summed E-state index contributed by atoms with van der Waals surface area (Å²) in [5, 5.41) is 4.17. The zero-order valence-corrected chi connectivity index (χ0v) is 10.9. The Morgan fingerprint density at radius 1 is 1.16 bits per heavy atom. The first-order valence-corrected chi connectivity index (χ1v) is 6.12. The van der Waals surface area contributed by atoms with Crippen LogP contribution in [0, 0.1) is 6.42 Å². The standard InChI is InChI=1S/C15H15N2O2/c1-11(2)17-15(19)9-8-13(16-17)10-14(18)12-6-4-3-5-7-12/h3-11H,1-2H3. The first-order chi connectivity index (χ1) is 9.08. The molecule has 0 fully saturated rings. The Labute approximate surface area is 111 Å². The van der Waals surface area contributed by atoms with Gasteiger partial charge in [-0.2, -0.15) is 5.10 Å². The second-order valence-electron chi connectivity index (χ2n) is 4.51. The molecule has 0 N–H and O–H groups in total. The molecule has 2 aromatic rings. The molecule has 97 valence electrons. The third-order valence-electron chi connectivity index (χ3n) is 2.67. The van der Waals surface area contributed by atoms with Crippen molar-refractivity contribution < 1.29 is 4.79 Å². The molecular formula is C15H15N2O2. The summed E-state index contributed by atoms with van der Waals surface area (Å²) in [6.07, 6.45) is 1.44. The second kappa shape index (κ2) is 5.61. The fourth-order valence-electron chi connectivity index (χ4n) is 1.71. The van der Waals surface area contributed by atoms with E-state index in [0.29, 0.717) is 11.3 Å². The molecule has 0 atom stereocenters. The molecular weight excluding hydrogens is 240 g/mol. The quantitative estimate of drug-likeness (QED) is 0.787. The van der Waals surface area contributed by atoms with Gasteiger partial charge in [-0.3, -0.25) is 9.59 Å². The Morgan fingerprint density at radius 3 is 2.47 bits per heavy atom. The summed E-state index contributed by atoms with van der Waals surface area (Å²) in [4.78, 5) is 23.6. The molecule has 0 spiro atoms. The van der Waals surface area contributed by atoms with Gasteiger partial charge in [0.1, 0.15) is 0 Å². The smallest absolute Gasteiger partial charge is 0.266 e. The first-order valence-electron chi connectivity index (χ1n) is 6.12. The summed E-state index contributed by atoms with van der Waals surface area (Å²) in [6, 6.07) is 11.9. The minimum Gasteiger partial charge on any atom is -0.293 e. The lowest BCUT2D eigenvalue weighted by molar-refractivity contribution is 0.103. The van der Waals surface area contributed by atoms with E-state index in [1.54, 1.807) is 18.2 Å². The van der Waals surface area contributed by atoms with Crippen molar-refractivity contribution in [1.29, 1.82) is 0 Å². The molecule has 0 aliphatic carbocycles. The topological polar surface area (TPSA) is 52.0 Å². The zero-order chi connectivity index (χ0) is 13.8. The highest BCUT2D eigenvalue weighted by molar-refractivity contribution is 6.04. The molecule has 1 heterocycles. The predicted molar refractivity (Wildman–Crippen MR) is 73.1 cm³/mol. The Bertz CT molecular complexity index is 630. The second-order valence-corrected chi connectivity index (χ2v) is 4.51. The van der Waals surface area contributed by atoms with Crippen LogP contribution in [0.4, 0.5) is 0 Å². The molecule has 1 aromatic heterocycles. The number of carbonyl (C=O) groups is 1. The number of hydrogen-bond acceptors (Lipinski definition) is 3. The molecule has 0 saturated heterocycles. The summed E-state index contributed by atoms with van der Waals surface area (Å²) in [5.74, 6) is -0.123. The lowest BCUT2D eigenvalue weighted by Crippen LogP contribution is -2.25. The van der Waals surface area contributed by atoms with Crippen LogP contribution in [0.25, 0.3) is 0 Å². The van der Waals surface area contributed by atoms with E-state index in [9.17, 15) is 9.59 Å². The highest BCUT2D eigenvalue weighted by Gasteiger charge is 2.10. The van der Waals surface area contributed by atoms with E-state index in [0.717, 1.165) is 0 Å². The molecule has 0 amide bonds. The Morgan fingerprint density at radius 2 is 1.84 bits per heavy atom. The van der Waals surface area contributed by atoms with Crippen LogP contribution in [0.1, 0.15) is 35.9 Å². The number of aromatic nitrogens is 2. The molecule has 0 bridgehead atoms. The summed E-state index contributed by atoms with van der Waals surface area (Å²) < 4.78 is 1.37. The normalized spacial score (nSPS) is 10.7. The van der Waals surface area contributed by atoms with Gasteiger partial charge in [0.25, 0.3) is 5.56 Å². The van der Waals surface area contributed by atoms with Crippen molar-refractivity contribution in [2.24, 2.45) is 0 Å². The van der Waals surface area contributed by atoms with Gasteiger partial charge in [-0.15, -0.1) is 0 Å². The monoisotopic (exact) mass is 255 g/mol. The van der Waals surface area contributed by atoms with Crippen molar-refractivity contribution in [2.45, 2.75) is 19.9 Å². The molecule has 1 aromatic carbocycles. The van der Waals surface area contributed by atoms with E-state index >= 15 is 0 Å². The first kappa shape index (κ1) is 13.2. The van der Waals surface area contributed by atoms with Crippen molar-refractivity contribution in [1.82, 2.24) is 9.78 Å². The average molecular weight is 255 g/mol. The van der Waals surface area contributed by atoms with Crippen molar-refractivity contribution >= 4 is 5.78 Å². The van der Waals surface area contributed by atoms with Crippen LogP contribution < -0.4 is 5.56 Å². The van der Waals surface area contributed by atoms with Gasteiger partial charge in [-0.1, -0.05) is 30.3 Å². The van der Waals surface area contributed by atoms with Crippen LogP contribution in [0.5, 0.6) is 0 Å². The molecule has 0 aliphatic rings. The molecule has 0 saturated carbocycles. The lowest BCUT2D eigenvalue weighted by atomic mass is 10.1. The summed E-state index contributed by atoms with van der Waals surface area (Å²) in [7, 11) is 0. The van der Waals surface area contributed by atoms with E-state index < -0.39 is 0 Å². The van der Waals surface area contributed by atoms with Gasteiger partial charge in [0, 0.05) is 11.6 Å². The number of ketones is 1. The predicted octanol–water partition coefficient (Wildman–Crippen LogP) is 2.26. The highest BCUT2D eigenvalue weighted by Crippen LogP contribution is 2.07. The Kier molecular flexibility index (Phi) is 3.90. The maximum atomic E-state index is 12.0. The van der Waals surface area contributed by atoms with E-state index in [2.05, 4.69) is 5.10 Å². The highest BCUT2D eigenvalue weighted by atomic mass is 16.1. The largest absolute Gasteiger partial charge is 0.293 e. The van der Waals surface area contributed by atoms with Gasteiger partial charge in [0.05, 0.1) is 18.2 Å². The molecule has 1 radical (unpaired) electrons. The van der Waals surface area contributed by atoms with Crippen LogP contribution in [-0.2, 0) is 0 Å². The maximum absolute atomic E-state index is 12.0.